The summed E-state index contributed by atoms with van der Waals surface area (Å²) in [6.45, 7) is 0. The van der Waals surface area contributed by atoms with Gasteiger partial charge in [-0.1, -0.05) is 114 Å². The Morgan fingerprint density at radius 1 is 0.440 bits per heavy atom. The van der Waals surface area contributed by atoms with Crippen LogP contribution in [-0.2, 0) is 0 Å². The summed E-state index contributed by atoms with van der Waals surface area (Å²) in [6.07, 6.45) is 0. The van der Waals surface area contributed by atoms with E-state index >= 15 is 0 Å². The zero-order valence-electron chi connectivity index (χ0n) is 12.4. The monoisotopic (exact) mass is 730 g/mol. The molecule has 0 saturated carbocycles. The fraction of sp³-hybridized carbons (Fsp3) is 0. The molecule has 3 aromatic rings. The van der Waals surface area contributed by atoms with Crippen LogP contribution in [0.5, 0.6) is 0 Å². The summed E-state index contributed by atoms with van der Waals surface area (Å²) in [5.74, 6) is 0. The summed E-state index contributed by atoms with van der Waals surface area (Å²) in [4.78, 5) is 0. The average Bonchev–Trinajstić information content (AvgIpc) is 2.52. The van der Waals surface area contributed by atoms with E-state index in [4.69, 9.17) is 0 Å². The quantitative estimate of drug-likeness (QED) is 0.239. The molecule has 7 heteroatoms. The van der Waals surface area contributed by atoms with Gasteiger partial charge in [-0.2, -0.15) is 0 Å². The molecule has 0 aliphatic heterocycles. The molecule has 0 unspecified atom stereocenters. The summed E-state index contributed by atoms with van der Waals surface area (Å²) in [5.41, 5.74) is 0. The van der Waals surface area contributed by atoms with E-state index in [9.17, 15) is 0 Å². The Bertz CT molecular complexity index is 818. The van der Waals surface area contributed by atoms with Crippen molar-refractivity contribution in [1.29, 1.82) is 0 Å². The minimum Gasteiger partial charge on any atom is -0.0516 e. The van der Waals surface area contributed by atoms with Gasteiger partial charge in [-0.25, -0.2) is 0 Å². The first kappa shape index (κ1) is 20.7. The van der Waals surface area contributed by atoms with Crippen LogP contribution in [0.3, 0.4) is 0 Å². The molecule has 0 aliphatic rings. The van der Waals surface area contributed by atoms with Gasteiger partial charge in [0.25, 0.3) is 0 Å². The Hall–Kier alpha value is 0.970. The molecule has 0 radical (unpaired) electrons. The van der Waals surface area contributed by atoms with E-state index < -0.39 is 7.92 Å². The van der Waals surface area contributed by atoms with Gasteiger partial charge in [0.15, 0.2) is 0 Å². The van der Waals surface area contributed by atoms with Crippen LogP contribution in [0, 0.1) is 0 Å². The first-order valence-corrected chi connectivity index (χ1v) is 13.1. The standard InChI is InChI=1S/C18H9Br6P/c19-10-1-4-16(13(22)7-10)25(17-5-2-11(20)8-14(17)23)18-6-3-12(21)9-15(18)24/h1-9H. The molecule has 0 fully saturated rings. The van der Waals surface area contributed by atoms with Crippen LogP contribution in [0.25, 0.3) is 0 Å². The van der Waals surface area contributed by atoms with Gasteiger partial charge in [-0.3, -0.25) is 0 Å². The third kappa shape index (κ3) is 4.88. The number of hydrogen-bond acceptors (Lipinski definition) is 0. The maximum Gasteiger partial charge on any atom is 0.0270 e. The van der Waals surface area contributed by atoms with Crippen molar-refractivity contribution in [2.24, 2.45) is 0 Å². The van der Waals surface area contributed by atoms with Crippen molar-refractivity contribution in [2.45, 2.75) is 0 Å². The first-order valence-electron chi connectivity index (χ1n) is 7.02. The van der Waals surface area contributed by atoms with E-state index in [0.717, 1.165) is 26.8 Å². The smallest absolute Gasteiger partial charge is 0.0270 e. The topological polar surface area (TPSA) is 0 Å². The Morgan fingerprint density at radius 3 is 0.960 bits per heavy atom. The van der Waals surface area contributed by atoms with Crippen LogP contribution in [0.1, 0.15) is 0 Å². The van der Waals surface area contributed by atoms with Crippen molar-refractivity contribution in [3.8, 4) is 0 Å². The highest BCUT2D eigenvalue weighted by molar-refractivity contribution is 9.12. The van der Waals surface area contributed by atoms with Gasteiger partial charge in [0.2, 0.25) is 0 Å². The lowest BCUT2D eigenvalue weighted by Gasteiger charge is -2.23. The fourth-order valence-corrected chi connectivity index (χ4v) is 9.40. The van der Waals surface area contributed by atoms with Gasteiger partial charge in [0.1, 0.15) is 0 Å². The first-order chi connectivity index (χ1) is 11.9. The van der Waals surface area contributed by atoms with E-state index in [1.807, 2.05) is 0 Å². The summed E-state index contributed by atoms with van der Waals surface area (Å²) in [5, 5.41) is 3.80. The van der Waals surface area contributed by atoms with Crippen LogP contribution < -0.4 is 15.9 Å². The number of benzene rings is 3. The maximum absolute atomic E-state index is 3.76. The van der Waals surface area contributed by atoms with Crippen molar-refractivity contribution in [3.63, 3.8) is 0 Å². The second-order valence-electron chi connectivity index (χ2n) is 5.12. The number of hydrogen-bond donors (Lipinski definition) is 0. The Labute approximate surface area is 198 Å². The van der Waals surface area contributed by atoms with Gasteiger partial charge < -0.3 is 0 Å². The van der Waals surface area contributed by atoms with Crippen molar-refractivity contribution in [2.75, 3.05) is 0 Å². The number of rotatable bonds is 3. The third-order valence-electron chi connectivity index (χ3n) is 3.45. The van der Waals surface area contributed by atoms with Gasteiger partial charge in [-0.05, 0) is 60.2 Å². The van der Waals surface area contributed by atoms with Crippen molar-refractivity contribution >= 4 is 119 Å². The molecule has 128 valence electrons. The molecular formula is C18H9Br6P. The summed E-state index contributed by atoms with van der Waals surface area (Å²) < 4.78 is 6.46. The maximum atomic E-state index is 3.76. The predicted octanol–water partition coefficient (Wildman–Crippen LogP) is 8.02. The van der Waals surface area contributed by atoms with Crippen LogP contribution in [-0.4, -0.2) is 0 Å². The highest BCUT2D eigenvalue weighted by Crippen LogP contribution is 2.41. The van der Waals surface area contributed by atoms with Crippen molar-refractivity contribution < 1.29 is 0 Å². The van der Waals surface area contributed by atoms with Crippen LogP contribution in [0.2, 0.25) is 0 Å². The fourth-order valence-electron chi connectivity index (χ4n) is 2.38. The lowest BCUT2D eigenvalue weighted by atomic mass is 10.3. The molecule has 0 aliphatic carbocycles. The van der Waals surface area contributed by atoms with Crippen LogP contribution in [0.15, 0.2) is 81.4 Å². The summed E-state index contributed by atoms with van der Waals surface area (Å²) >= 11 is 21.9. The molecule has 0 aromatic heterocycles. The molecule has 3 aromatic carbocycles. The molecule has 0 spiro atoms. The molecule has 0 N–H and O–H groups in total. The second-order valence-corrected chi connectivity index (χ2v) is 12.5. The molecule has 0 amide bonds. The molecule has 0 bridgehead atoms. The number of halogens is 6. The van der Waals surface area contributed by atoms with Crippen molar-refractivity contribution in [3.05, 3.63) is 81.4 Å². The van der Waals surface area contributed by atoms with Gasteiger partial charge in [0.05, 0.1) is 0 Å². The second kappa shape index (κ2) is 8.98. The SMILES string of the molecule is Brc1ccc(P(c2ccc(Br)cc2Br)c2ccc(Br)cc2Br)c(Br)c1. The Balaban J connectivity index is 2.27. The molecule has 0 atom stereocenters. The van der Waals surface area contributed by atoms with Gasteiger partial charge in [-0.15, -0.1) is 0 Å². The lowest BCUT2D eigenvalue weighted by molar-refractivity contribution is 1.62. The van der Waals surface area contributed by atoms with E-state index in [0.29, 0.717) is 0 Å². The van der Waals surface area contributed by atoms with Crippen molar-refractivity contribution in [1.82, 2.24) is 0 Å². The zero-order valence-corrected chi connectivity index (χ0v) is 22.8. The Kier molecular flexibility index (Phi) is 7.43. The largest absolute Gasteiger partial charge is 0.0516 e. The van der Waals surface area contributed by atoms with Gasteiger partial charge >= 0.3 is 0 Å². The minimum atomic E-state index is -0.749. The Morgan fingerprint density at radius 2 is 0.720 bits per heavy atom. The summed E-state index contributed by atoms with van der Waals surface area (Å²) in [6, 6.07) is 19.1. The molecule has 0 heterocycles. The van der Waals surface area contributed by atoms with Gasteiger partial charge in [0, 0.05) is 26.8 Å². The zero-order chi connectivity index (χ0) is 18.1. The van der Waals surface area contributed by atoms with E-state index in [-0.39, 0.29) is 0 Å². The molecule has 25 heavy (non-hydrogen) atoms. The molecular weight excluding hydrogens is 727 g/mol. The van der Waals surface area contributed by atoms with E-state index in [1.54, 1.807) is 0 Å². The molecule has 0 nitrogen and oxygen atoms in total. The molecule has 0 saturated heterocycles. The normalized spacial score (nSPS) is 11.2. The molecule has 3 rings (SSSR count). The third-order valence-corrected chi connectivity index (χ3v) is 10.4. The summed E-state index contributed by atoms with van der Waals surface area (Å²) in [7, 11) is -0.749. The highest BCUT2D eigenvalue weighted by atomic mass is 79.9. The van der Waals surface area contributed by atoms with Crippen LogP contribution in [0.4, 0.5) is 0 Å². The highest BCUT2D eigenvalue weighted by Gasteiger charge is 2.23. The minimum absolute atomic E-state index is 0.749. The van der Waals surface area contributed by atoms with Crippen LogP contribution >= 0.6 is 104 Å². The van der Waals surface area contributed by atoms with E-state index in [2.05, 4.69) is 150 Å². The lowest BCUT2D eigenvalue weighted by Crippen LogP contribution is -2.23. The predicted molar refractivity (Wildman–Crippen MR) is 131 cm³/mol. The average molecular weight is 736 g/mol. The van der Waals surface area contributed by atoms with E-state index in [1.165, 1.54) is 15.9 Å².